The van der Waals surface area contributed by atoms with E-state index in [9.17, 15) is 9.59 Å². The zero-order chi connectivity index (χ0) is 17.6. The Kier molecular flexibility index (Phi) is 4.13. The molecule has 1 unspecified atom stereocenters. The van der Waals surface area contributed by atoms with Gasteiger partial charge >= 0.3 is 0 Å². The summed E-state index contributed by atoms with van der Waals surface area (Å²) in [6.45, 7) is 4.39. The number of hydrogen-bond acceptors (Lipinski definition) is 3. The van der Waals surface area contributed by atoms with Crippen molar-refractivity contribution in [2.24, 2.45) is 5.73 Å². The van der Waals surface area contributed by atoms with E-state index in [-0.39, 0.29) is 11.9 Å². The number of nitrogens with two attached hydrogens (primary N) is 1. The number of thiophene rings is 1. The molecule has 2 aromatic rings. The molecule has 1 aliphatic carbocycles. The summed E-state index contributed by atoms with van der Waals surface area (Å²) in [7, 11) is 0. The Morgan fingerprint density at radius 3 is 3.08 bits per heavy atom. The Morgan fingerprint density at radius 1 is 1.44 bits per heavy atom. The number of primary amides is 1. The fraction of sp³-hybridized carbons (Fsp3) is 0.444. The van der Waals surface area contributed by atoms with Crippen LogP contribution in [0, 0.1) is 0 Å². The van der Waals surface area contributed by atoms with Gasteiger partial charge in [-0.1, -0.05) is 0 Å². The molecule has 6 nitrogen and oxygen atoms in total. The maximum absolute atomic E-state index is 12.6. The summed E-state index contributed by atoms with van der Waals surface area (Å²) in [5, 5.41) is 3.59. The zero-order valence-electron chi connectivity index (χ0n) is 14.3. The van der Waals surface area contributed by atoms with Gasteiger partial charge in [-0.25, -0.2) is 0 Å². The smallest absolute Gasteiger partial charge is 0.280 e. The predicted molar refractivity (Wildman–Crippen MR) is 97.0 cm³/mol. The first kappa shape index (κ1) is 16.4. The molecule has 0 bridgehead atoms. The van der Waals surface area contributed by atoms with Crippen molar-refractivity contribution in [1.82, 2.24) is 4.57 Å². The van der Waals surface area contributed by atoms with Gasteiger partial charge in [-0.2, -0.15) is 0 Å². The highest BCUT2D eigenvalue weighted by Gasteiger charge is 2.30. The van der Waals surface area contributed by atoms with Gasteiger partial charge < -0.3 is 20.5 Å². The Hall–Kier alpha value is -2.12. The molecule has 132 valence electrons. The first-order valence-corrected chi connectivity index (χ1v) is 9.60. The van der Waals surface area contributed by atoms with E-state index in [1.54, 1.807) is 0 Å². The molecule has 0 radical (unpaired) electrons. The lowest BCUT2D eigenvalue weighted by molar-refractivity contribution is -0.926. The standard InChI is InChI=1S/C18H22N4O2S/c1-11-13-5-3-7-21(13)8-9-22(11)10-15(23)20-18-16(17(19)24)12-4-2-6-14(12)25-18/h3,5,7,11H,2,4,6,8-10H2,1H3,(H2,19,24)(H,20,23)/p+1/t11-/m1/s1. The number of nitrogens with one attached hydrogen (secondary N) is 2. The van der Waals surface area contributed by atoms with Gasteiger partial charge in [-0.15, -0.1) is 11.3 Å². The maximum Gasteiger partial charge on any atom is 0.280 e. The summed E-state index contributed by atoms with van der Waals surface area (Å²) in [6, 6.07) is 4.45. The van der Waals surface area contributed by atoms with Gasteiger partial charge in [0.15, 0.2) is 6.54 Å². The topological polar surface area (TPSA) is 81.6 Å². The van der Waals surface area contributed by atoms with Crippen molar-refractivity contribution in [3.05, 3.63) is 40.0 Å². The van der Waals surface area contributed by atoms with E-state index in [1.165, 1.54) is 26.8 Å². The molecule has 7 heteroatoms. The van der Waals surface area contributed by atoms with Gasteiger partial charge in [-0.05, 0) is 43.9 Å². The van der Waals surface area contributed by atoms with Crippen molar-refractivity contribution in [3.8, 4) is 0 Å². The highest BCUT2D eigenvalue weighted by atomic mass is 32.1. The number of anilines is 1. The van der Waals surface area contributed by atoms with Crippen LogP contribution in [0.25, 0.3) is 0 Å². The third-order valence-electron chi connectivity index (χ3n) is 5.40. The second-order valence-corrected chi connectivity index (χ2v) is 8.01. The van der Waals surface area contributed by atoms with Crippen LogP contribution in [0.3, 0.4) is 0 Å². The van der Waals surface area contributed by atoms with Crippen LogP contribution in [0.2, 0.25) is 0 Å². The molecule has 3 heterocycles. The fourth-order valence-corrected chi connectivity index (χ4v) is 5.40. The minimum absolute atomic E-state index is 0.0516. The van der Waals surface area contributed by atoms with E-state index < -0.39 is 5.91 Å². The monoisotopic (exact) mass is 359 g/mol. The molecule has 0 spiro atoms. The van der Waals surface area contributed by atoms with Crippen molar-refractivity contribution in [1.29, 1.82) is 0 Å². The molecule has 1 aliphatic heterocycles. The normalized spacial score (nSPS) is 21.6. The number of quaternary nitrogens is 1. The van der Waals surface area contributed by atoms with E-state index in [1.807, 2.05) is 0 Å². The van der Waals surface area contributed by atoms with E-state index in [0.717, 1.165) is 37.9 Å². The molecule has 4 N–H and O–H groups in total. The second kappa shape index (κ2) is 6.31. The molecule has 2 aliphatic rings. The Labute approximate surface area is 150 Å². The number of hydrogen-bond donors (Lipinski definition) is 3. The van der Waals surface area contributed by atoms with Crippen LogP contribution in [0.1, 0.15) is 45.9 Å². The third-order valence-corrected chi connectivity index (χ3v) is 6.61. The molecule has 4 rings (SSSR count). The van der Waals surface area contributed by atoms with Gasteiger partial charge in [0.1, 0.15) is 11.0 Å². The van der Waals surface area contributed by atoms with Gasteiger partial charge in [0.2, 0.25) is 0 Å². The summed E-state index contributed by atoms with van der Waals surface area (Å²) in [4.78, 5) is 26.9. The van der Waals surface area contributed by atoms with Crippen molar-refractivity contribution in [2.45, 2.75) is 38.8 Å². The molecule has 0 saturated heterocycles. The SMILES string of the molecule is C[C@@H]1c2cccn2CC[NH+]1CC(=O)Nc1sc2c(c1C(N)=O)CCC2. The summed E-state index contributed by atoms with van der Waals surface area (Å²) >= 11 is 1.51. The zero-order valence-corrected chi connectivity index (χ0v) is 15.1. The van der Waals surface area contributed by atoms with Crippen LogP contribution in [-0.4, -0.2) is 29.5 Å². The molecule has 0 saturated carbocycles. The molecular formula is C18H23N4O2S+. The number of aryl methyl sites for hydroxylation is 1. The molecule has 0 fully saturated rings. The highest BCUT2D eigenvalue weighted by Crippen LogP contribution is 2.38. The van der Waals surface area contributed by atoms with E-state index in [4.69, 9.17) is 5.73 Å². The quantitative estimate of drug-likeness (QED) is 0.752. The van der Waals surface area contributed by atoms with Crippen LogP contribution in [0.4, 0.5) is 5.00 Å². The van der Waals surface area contributed by atoms with Crippen molar-refractivity contribution >= 4 is 28.2 Å². The number of fused-ring (bicyclic) bond motifs is 2. The Bertz CT molecular complexity index is 838. The predicted octanol–water partition coefficient (Wildman–Crippen LogP) is 0.735. The largest absolute Gasteiger partial charge is 0.365 e. The lowest BCUT2D eigenvalue weighted by Gasteiger charge is -2.31. The minimum atomic E-state index is -0.439. The second-order valence-electron chi connectivity index (χ2n) is 6.91. The lowest BCUT2D eigenvalue weighted by atomic mass is 10.1. The van der Waals surface area contributed by atoms with Crippen molar-refractivity contribution in [2.75, 3.05) is 18.4 Å². The summed E-state index contributed by atoms with van der Waals surface area (Å²) < 4.78 is 2.25. The number of amides is 2. The molecule has 2 amide bonds. The molecule has 0 aromatic carbocycles. The van der Waals surface area contributed by atoms with Gasteiger partial charge in [0.25, 0.3) is 11.8 Å². The first-order chi connectivity index (χ1) is 12.0. The molecule has 25 heavy (non-hydrogen) atoms. The molecule has 2 aromatic heterocycles. The van der Waals surface area contributed by atoms with E-state index >= 15 is 0 Å². The average molecular weight is 359 g/mol. The highest BCUT2D eigenvalue weighted by molar-refractivity contribution is 7.17. The Balaban J connectivity index is 1.48. The number of nitrogens with zero attached hydrogens (tertiary/aromatic N) is 1. The van der Waals surface area contributed by atoms with Crippen molar-refractivity contribution in [3.63, 3.8) is 0 Å². The fourth-order valence-electron chi connectivity index (χ4n) is 4.09. The number of carbonyl (C=O) groups excluding carboxylic acids is 2. The maximum atomic E-state index is 12.6. The van der Waals surface area contributed by atoms with E-state index in [0.29, 0.717) is 17.1 Å². The number of rotatable bonds is 4. The van der Waals surface area contributed by atoms with Gasteiger partial charge in [-0.3, -0.25) is 9.59 Å². The third kappa shape index (κ3) is 2.87. The van der Waals surface area contributed by atoms with Gasteiger partial charge in [0.05, 0.1) is 24.3 Å². The van der Waals surface area contributed by atoms with Gasteiger partial charge in [0, 0.05) is 11.1 Å². The number of aromatic nitrogens is 1. The first-order valence-electron chi connectivity index (χ1n) is 8.78. The minimum Gasteiger partial charge on any atom is -0.365 e. The van der Waals surface area contributed by atoms with E-state index in [2.05, 4.69) is 35.1 Å². The van der Waals surface area contributed by atoms with Crippen LogP contribution in [0.15, 0.2) is 18.3 Å². The molecule has 2 atom stereocenters. The number of carbonyl (C=O) groups is 2. The van der Waals surface area contributed by atoms with Crippen LogP contribution in [-0.2, 0) is 24.2 Å². The summed E-state index contributed by atoms with van der Waals surface area (Å²) in [6.07, 6.45) is 5.01. The summed E-state index contributed by atoms with van der Waals surface area (Å²) in [5.41, 5.74) is 8.40. The van der Waals surface area contributed by atoms with Crippen LogP contribution < -0.4 is 16.0 Å². The van der Waals surface area contributed by atoms with Crippen LogP contribution >= 0.6 is 11.3 Å². The summed E-state index contributed by atoms with van der Waals surface area (Å²) in [5.74, 6) is -0.490. The average Bonchev–Trinajstić information content (AvgIpc) is 3.24. The molecular weight excluding hydrogens is 336 g/mol. The Morgan fingerprint density at radius 2 is 2.28 bits per heavy atom. The lowest BCUT2D eigenvalue weighted by Crippen LogP contribution is -3.14. The van der Waals surface area contributed by atoms with Crippen molar-refractivity contribution < 1.29 is 14.5 Å². The van der Waals surface area contributed by atoms with Crippen LogP contribution in [0.5, 0.6) is 0 Å².